The smallest absolute Gasteiger partial charge is 0.360 e. The number of rotatable bonds is 7. The molecule has 1 aromatic rings. The number of carbonyl (C=O) groups excluding carboxylic acids is 1. The molecule has 0 spiro atoms. The molecule has 0 N–H and O–H groups in total. The molecule has 0 unspecified atom stereocenters. The summed E-state index contributed by atoms with van der Waals surface area (Å²) in [6, 6.07) is 0. The van der Waals surface area contributed by atoms with Gasteiger partial charge in [-0.05, 0) is 20.3 Å². The minimum Gasteiger partial charge on any atom is -0.461 e. The van der Waals surface area contributed by atoms with Gasteiger partial charge in [-0.1, -0.05) is 31.4 Å². The summed E-state index contributed by atoms with van der Waals surface area (Å²) < 4.78 is 6.69. The third-order valence-corrected chi connectivity index (χ3v) is 2.67. The van der Waals surface area contributed by atoms with Gasteiger partial charge in [0, 0.05) is 6.54 Å². The summed E-state index contributed by atoms with van der Waals surface area (Å²) in [7, 11) is 0. The molecule has 17 heavy (non-hydrogen) atoms. The molecule has 5 nitrogen and oxygen atoms in total. The van der Waals surface area contributed by atoms with E-state index in [1.54, 1.807) is 11.6 Å². The molecule has 1 aromatic heterocycles. The number of ether oxygens (including phenoxy) is 1. The fourth-order valence-electron chi connectivity index (χ4n) is 1.65. The van der Waals surface area contributed by atoms with E-state index < -0.39 is 0 Å². The zero-order chi connectivity index (χ0) is 12.7. The van der Waals surface area contributed by atoms with Crippen molar-refractivity contribution in [1.82, 2.24) is 15.0 Å². The van der Waals surface area contributed by atoms with E-state index in [0.717, 1.165) is 18.7 Å². The average molecular weight is 239 g/mol. The molecule has 0 aliphatic heterocycles. The molecule has 0 bridgehead atoms. The Morgan fingerprint density at radius 3 is 2.71 bits per heavy atom. The number of esters is 1. The van der Waals surface area contributed by atoms with E-state index in [0.29, 0.717) is 12.3 Å². The highest BCUT2D eigenvalue weighted by atomic mass is 16.5. The number of aryl methyl sites for hydroxylation is 1. The topological polar surface area (TPSA) is 57.0 Å². The van der Waals surface area contributed by atoms with Gasteiger partial charge < -0.3 is 4.74 Å². The summed E-state index contributed by atoms with van der Waals surface area (Å²) in [5.41, 5.74) is 1.13. The number of carbonyl (C=O) groups is 1. The molecular formula is C12H21N3O2. The maximum absolute atomic E-state index is 11.5. The van der Waals surface area contributed by atoms with Crippen LogP contribution in [-0.4, -0.2) is 27.6 Å². The minimum absolute atomic E-state index is 0.336. The van der Waals surface area contributed by atoms with Crippen molar-refractivity contribution in [3.63, 3.8) is 0 Å². The molecule has 0 atom stereocenters. The summed E-state index contributed by atoms with van der Waals surface area (Å²) in [6.45, 7) is 6.99. The maximum atomic E-state index is 11.5. The molecule has 0 saturated heterocycles. The first-order chi connectivity index (χ1) is 8.20. The minimum atomic E-state index is -0.384. The molecule has 0 amide bonds. The molecule has 0 aromatic carbocycles. The Morgan fingerprint density at radius 2 is 2.06 bits per heavy atom. The molecule has 0 radical (unpaired) electrons. The van der Waals surface area contributed by atoms with Gasteiger partial charge in [0.25, 0.3) is 0 Å². The first kappa shape index (κ1) is 13.7. The highest BCUT2D eigenvalue weighted by Crippen LogP contribution is 2.08. The molecule has 0 saturated carbocycles. The van der Waals surface area contributed by atoms with Crippen molar-refractivity contribution in [1.29, 1.82) is 0 Å². The largest absolute Gasteiger partial charge is 0.461 e. The zero-order valence-electron chi connectivity index (χ0n) is 10.9. The van der Waals surface area contributed by atoms with Crippen LogP contribution in [0, 0.1) is 6.92 Å². The van der Waals surface area contributed by atoms with Gasteiger partial charge in [0.05, 0.1) is 12.3 Å². The third kappa shape index (κ3) is 3.84. The van der Waals surface area contributed by atoms with Gasteiger partial charge in [-0.25, -0.2) is 9.48 Å². The van der Waals surface area contributed by atoms with Crippen molar-refractivity contribution in [3.05, 3.63) is 11.4 Å². The predicted octanol–water partition coefficient (Wildman–Crippen LogP) is 2.34. The van der Waals surface area contributed by atoms with Crippen LogP contribution in [0.25, 0.3) is 0 Å². The number of nitrogens with zero attached hydrogens (tertiary/aromatic N) is 3. The van der Waals surface area contributed by atoms with Gasteiger partial charge in [0.15, 0.2) is 5.69 Å². The van der Waals surface area contributed by atoms with E-state index in [4.69, 9.17) is 4.74 Å². The SMILES string of the molecule is CCCCCCn1nnc(C(=O)OCC)c1C. The van der Waals surface area contributed by atoms with E-state index in [-0.39, 0.29) is 5.97 Å². The van der Waals surface area contributed by atoms with Crippen molar-refractivity contribution in [2.45, 2.75) is 53.0 Å². The van der Waals surface area contributed by atoms with Gasteiger partial charge in [-0.3, -0.25) is 0 Å². The standard InChI is InChI=1S/C12H21N3O2/c1-4-6-7-8-9-15-10(3)11(13-14-15)12(16)17-5-2/h4-9H2,1-3H3. The van der Waals surface area contributed by atoms with E-state index >= 15 is 0 Å². The Bertz CT molecular complexity index is 361. The van der Waals surface area contributed by atoms with Crippen LogP contribution in [0.5, 0.6) is 0 Å². The fraction of sp³-hybridized carbons (Fsp3) is 0.750. The van der Waals surface area contributed by atoms with E-state index in [2.05, 4.69) is 17.2 Å². The quantitative estimate of drug-likeness (QED) is 0.541. The van der Waals surface area contributed by atoms with Crippen LogP contribution in [0.1, 0.15) is 55.7 Å². The highest BCUT2D eigenvalue weighted by molar-refractivity contribution is 5.88. The Labute approximate surface area is 102 Å². The van der Waals surface area contributed by atoms with Crippen molar-refractivity contribution in [3.8, 4) is 0 Å². The summed E-state index contributed by atoms with van der Waals surface area (Å²) in [6.07, 6.45) is 4.70. The Kier molecular flexibility index (Phi) is 5.66. The lowest BCUT2D eigenvalue weighted by atomic mass is 10.2. The Hall–Kier alpha value is -1.39. The molecule has 5 heteroatoms. The fourth-order valence-corrected chi connectivity index (χ4v) is 1.65. The second-order valence-corrected chi connectivity index (χ2v) is 4.03. The van der Waals surface area contributed by atoms with Crippen LogP contribution in [0.3, 0.4) is 0 Å². The van der Waals surface area contributed by atoms with Gasteiger partial charge >= 0.3 is 5.97 Å². The lowest BCUT2D eigenvalue weighted by molar-refractivity contribution is 0.0518. The lowest BCUT2D eigenvalue weighted by Crippen LogP contribution is -2.08. The van der Waals surface area contributed by atoms with Gasteiger partial charge in [-0.2, -0.15) is 0 Å². The average Bonchev–Trinajstić information content (AvgIpc) is 2.67. The maximum Gasteiger partial charge on any atom is 0.360 e. The van der Waals surface area contributed by atoms with Crippen LogP contribution in [0.15, 0.2) is 0 Å². The molecule has 0 aliphatic rings. The lowest BCUT2D eigenvalue weighted by Gasteiger charge is -2.03. The van der Waals surface area contributed by atoms with Crippen molar-refractivity contribution >= 4 is 5.97 Å². The summed E-state index contributed by atoms with van der Waals surface area (Å²) in [5.74, 6) is -0.384. The number of unbranched alkanes of at least 4 members (excludes halogenated alkanes) is 3. The molecular weight excluding hydrogens is 218 g/mol. The third-order valence-electron chi connectivity index (χ3n) is 2.67. The van der Waals surface area contributed by atoms with Gasteiger partial charge in [0.2, 0.25) is 0 Å². The van der Waals surface area contributed by atoms with Crippen LogP contribution in [0.2, 0.25) is 0 Å². The second-order valence-electron chi connectivity index (χ2n) is 4.03. The van der Waals surface area contributed by atoms with Crippen LogP contribution in [-0.2, 0) is 11.3 Å². The Morgan fingerprint density at radius 1 is 1.29 bits per heavy atom. The molecule has 0 fully saturated rings. The molecule has 0 aliphatic carbocycles. The number of hydrogen-bond acceptors (Lipinski definition) is 4. The number of aromatic nitrogens is 3. The number of hydrogen-bond donors (Lipinski definition) is 0. The van der Waals surface area contributed by atoms with Crippen LogP contribution in [0.4, 0.5) is 0 Å². The highest BCUT2D eigenvalue weighted by Gasteiger charge is 2.16. The van der Waals surface area contributed by atoms with Gasteiger partial charge in [-0.15, -0.1) is 5.10 Å². The molecule has 1 rings (SSSR count). The predicted molar refractivity (Wildman–Crippen MR) is 64.9 cm³/mol. The normalized spacial score (nSPS) is 10.5. The van der Waals surface area contributed by atoms with Crippen LogP contribution >= 0.6 is 0 Å². The zero-order valence-corrected chi connectivity index (χ0v) is 10.9. The summed E-state index contributed by atoms with van der Waals surface area (Å²) in [5, 5.41) is 7.85. The first-order valence-electron chi connectivity index (χ1n) is 6.27. The Balaban J connectivity index is 2.54. The van der Waals surface area contributed by atoms with Gasteiger partial charge in [0.1, 0.15) is 0 Å². The van der Waals surface area contributed by atoms with Crippen LogP contribution < -0.4 is 0 Å². The monoisotopic (exact) mass is 239 g/mol. The summed E-state index contributed by atoms with van der Waals surface area (Å²) >= 11 is 0. The second kappa shape index (κ2) is 7.04. The van der Waals surface area contributed by atoms with E-state index in [1.807, 2.05) is 6.92 Å². The van der Waals surface area contributed by atoms with E-state index in [9.17, 15) is 4.79 Å². The first-order valence-corrected chi connectivity index (χ1v) is 6.27. The summed E-state index contributed by atoms with van der Waals surface area (Å²) in [4.78, 5) is 11.5. The molecule has 1 heterocycles. The van der Waals surface area contributed by atoms with E-state index in [1.165, 1.54) is 19.3 Å². The van der Waals surface area contributed by atoms with Crippen molar-refractivity contribution in [2.75, 3.05) is 6.61 Å². The van der Waals surface area contributed by atoms with Crippen molar-refractivity contribution in [2.24, 2.45) is 0 Å². The molecule has 96 valence electrons. The van der Waals surface area contributed by atoms with Crippen molar-refractivity contribution < 1.29 is 9.53 Å².